The Labute approximate surface area is 138 Å². The fourth-order valence-electron chi connectivity index (χ4n) is 2.99. The average molecular weight is 333 g/mol. The maximum atomic E-state index is 14.3. The third kappa shape index (κ3) is 3.48. The van der Waals surface area contributed by atoms with Crippen molar-refractivity contribution in [1.82, 2.24) is 0 Å². The number of halogens is 2. The van der Waals surface area contributed by atoms with Crippen molar-refractivity contribution < 1.29 is 23.4 Å². The number of rotatable bonds is 5. The van der Waals surface area contributed by atoms with Crippen LogP contribution in [0.1, 0.15) is 19.3 Å². The lowest BCUT2D eigenvalue weighted by Crippen LogP contribution is -2.31. The Morgan fingerprint density at radius 1 is 1.17 bits per heavy atom. The van der Waals surface area contributed by atoms with Gasteiger partial charge in [-0.25, -0.2) is 8.78 Å². The largest absolute Gasteiger partial charge is 0.481 e. The molecule has 24 heavy (non-hydrogen) atoms. The number of hydrogen-bond acceptors (Lipinski definition) is 3. The van der Waals surface area contributed by atoms with E-state index in [1.807, 2.05) is 4.90 Å². The molecule has 0 amide bonds. The van der Waals surface area contributed by atoms with E-state index in [1.165, 1.54) is 30.3 Å². The molecule has 1 heterocycles. The SMILES string of the molecule is O=C(O)CC1CCCN1c1ccc(Oc2ccccc2F)c(F)c1. The van der Waals surface area contributed by atoms with E-state index in [0.717, 1.165) is 12.8 Å². The highest BCUT2D eigenvalue weighted by atomic mass is 19.1. The van der Waals surface area contributed by atoms with Crippen LogP contribution in [0.25, 0.3) is 0 Å². The van der Waals surface area contributed by atoms with Gasteiger partial charge in [-0.05, 0) is 37.1 Å². The van der Waals surface area contributed by atoms with Crippen LogP contribution in [0.5, 0.6) is 11.5 Å². The topological polar surface area (TPSA) is 49.8 Å². The van der Waals surface area contributed by atoms with Gasteiger partial charge in [0, 0.05) is 24.3 Å². The summed E-state index contributed by atoms with van der Waals surface area (Å²) in [6.07, 6.45) is 1.66. The predicted molar refractivity (Wildman–Crippen MR) is 85.5 cm³/mol. The number of carboxylic acids is 1. The number of hydrogen-bond donors (Lipinski definition) is 1. The monoisotopic (exact) mass is 333 g/mol. The summed E-state index contributed by atoms with van der Waals surface area (Å²) < 4.78 is 33.2. The Morgan fingerprint density at radius 2 is 1.92 bits per heavy atom. The number of ether oxygens (including phenoxy) is 1. The Morgan fingerprint density at radius 3 is 2.62 bits per heavy atom. The van der Waals surface area contributed by atoms with Crippen molar-refractivity contribution in [3.63, 3.8) is 0 Å². The molecule has 6 heteroatoms. The molecule has 0 saturated carbocycles. The second kappa shape index (κ2) is 6.86. The lowest BCUT2D eigenvalue weighted by atomic mass is 10.1. The van der Waals surface area contributed by atoms with Crippen molar-refractivity contribution >= 4 is 11.7 Å². The minimum Gasteiger partial charge on any atom is -0.481 e. The van der Waals surface area contributed by atoms with Crippen LogP contribution >= 0.6 is 0 Å². The molecule has 0 radical (unpaired) electrons. The van der Waals surface area contributed by atoms with Crippen molar-refractivity contribution in [3.05, 3.63) is 54.1 Å². The third-order valence-electron chi connectivity index (χ3n) is 4.09. The lowest BCUT2D eigenvalue weighted by Gasteiger charge is -2.26. The molecule has 126 valence electrons. The van der Waals surface area contributed by atoms with Crippen molar-refractivity contribution in [2.75, 3.05) is 11.4 Å². The molecule has 1 atom stereocenters. The lowest BCUT2D eigenvalue weighted by molar-refractivity contribution is -0.137. The minimum absolute atomic E-state index is 0.0229. The molecule has 0 aliphatic carbocycles. The number of para-hydroxylation sites is 1. The first-order valence-corrected chi connectivity index (χ1v) is 7.75. The van der Waals surface area contributed by atoms with Crippen LogP contribution in [0, 0.1) is 11.6 Å². The average Bonchev–Trinajstić information content (AvgIpc) is 2.98. The zero-order valence-electron chi connectivity index (χ0n) is 12.9. The maximum absolute atomic E-state index is 14.3. The molecule has 1 aliphatic rings. The van der Waals surface area contributed by atoms with Gasteiger partial charge < -0.3 is 14.7 Å². The molecule has 1 N–H and O–H groups in total. The van der Waals surface area contributed by atoms with Gasteiger partial charge in [-0.1, -0.05) is 12.1 Å². The van der Waals surface area contributed by atoms with Gasteiger partial charge in [0.15, 0.2) is 23.1 Å². The van der Waals surface area contributed by atoms with E-state index in [4.69, 9.17) is 9.84 Å². The molecule has 0 aromatic heterocycles. The van der Waals surface area contributed by atoms with Gasteiger partial charge >= 0.3 is 5.97 Å². The number of carbonyl (C=O) groups is 1. The van der Waals surface area contributed by atoms with Crippen molar-refractivity contribution in [1.29, 1.82) is 0 Å². The Bertz CT molecular complexity index is 751. The minimum atomic E-state index is -0.869. The molecule has 1 unspecified atom stereocenters. The molecule has 0 spiro atoms. The fraction of sp³-hybridized carbons (Fsp3) is 0.278. The summed E-state index contributed by atoms with van der Waals surface area (Å²) in [6, 6.07) is 10.1. The summed E-state index contributed by atoms with van der Waals surface area (Å²) >= 11 is 0. The standard InChI is InChI=1S/C18H17F2NO3/c19-14-5-1-2-6-16(14)24-17-8-7-13(10-15(17)20)21-9-3-4-12(21)11-18(22)23/h1-2,5-8,10,12H,3-4,9,11H2,(H,22,23). The summed E-state index contributed by atoms with van der Waals surface area (Å²) in [5.74, 6) is -2.17. The van der Waals surface area contributed by atoms with Crippen LogP contribution in [0.15, 0.2) is 42.5 Å². The number of carboxylic acid groups (broad SMARTS) is 1. The van der Waals surface area contributed by atoms with E-state index in [9.17, 15) is 13.6 Å². The van der Waals surface area contributed by atoms with Gasteiger partial charge in [0.25, 0.3) is 0 Å². The summed E-state index contributed by atoms with van der Waals surface area (Å²) in [6.45, 7) is 0.685. The summed E-state index contributed by atoms with van der Waals surface area (Å²) in [7, 11) is 0. The predicted octanol–water partition coefficient (Wildman–Crippen LogP) is 4.20. The molecular formula is C18H17F2NO3. The van der Waals surface area contributed by atoms with Crippen LogP contribution in [0.3, 0.4) is 0 Å². The normalized spacial score (nSPS) is 17.1. The van der Waals surface area contributed by atoms with Gasteiger partial charge in [-0.2, -0.15) is 0 Å². The summed E-state index contributed by atoms with van der Waals surface area (Å²) in [5.41, 5.74) is 0.608. The van der Waals surface area contributed by atoms with Crippen LogP contribution in [0.4, 0.5) is 14.5 Å². The first kappa shape index (κ1) is 16.2. The zero-order valence-corrected chi connectivity index (χ0v) is 12.9. The molecule has 3 rings (SSSR count). The molecule has 1 fully saturated rings. The van der Waals surface area contributed by atoms with E-state index >= 15 is 0 Å². The van der Waals surface area contributed by atoms with Crippen LogP contribution in [0.2, 0.25) is 0 Å². The Hall–Kier alpha value is -2.63. The van der Waals surface area contributed by atoms with E-state index in [1.54, 1.807) is 12.1 Å². The number of benzene rings is 2. The zero-order chi connectivity index (χ0) is 17.1. The fourth-order valence-corrected chi connectivity index (χ4v) is 2.99. The third-order valence-corrected chi connectivity index (χ3v) is 4.09. The van der Waals surface area contributed by atoms with Gasteiger partial charge in [-0.3, -0.25) is 4.79 Å². The van der Waals surface area contributed by atoms with Crippen molar-refractivity contribution in [2.24, 2.45) is 0 Å². The van der Waals surface area contributed by atoms with Gasteiger partial charge in [0.05, 0.1) is 6.42 Å². The number of aliphatic carboxylic acids is 1. The van der Waals surface area contributed by atoms with E-state index in [2.05, 4.69) is 0 Å². The van der Waals surface area contributed by atoms with E-state index in [-0.39, 0.29) is 24.0 Å². The summed E-state index contributed by atoms with van der Waals surface area (Å²) in [4.78, 5) is 12.8. The highest BCUT2D eigenvalue weighted by Gasteiger charge is 2.27. The van der Waals surface area contributed by atoms with Crippen molar-refractivity contribution in [3.8, 4) is 11.5 Å². The molecule has 2 aromatic carbocycles. The first-order chi connectivity index (χ1) is 11.5. The Kier molecular flexibility index (Phi) is 4.64. The first-order valence-electron chi connectivity index (χ1n) is 7.75. The van der Waals surface area contributed by atoms with Crippen LogP contribution in [-0.4, -0.2) is 23.7 Å². The Balaban J connectivity index is 1.80. The smallest absolute Gasteiger partial charge is 0.305 e. The molecule has 1 saturated heterocycles. The second-order valence-corrected chi connectivity index (χ2v) is 5.73. The highest BCUT2D eigenvalue weighted by Crippen LogP contribution is 2.32. The molecule has 4 nitrogen and oxygen atoms in total. The highest BCUT2D eigenvalue weighted by molar-refractivity contribution is 5.69. The van der Waals surface area contributed by atoms with Crippen molar-refractivity contribution in [2.45, 2.75) is 25.3 Å². The second-order valence-electron chi connectivity index (χ2n) is 5.73. The van der Waals surface area contributed by atoms with Crippen LogP contribution in [-0.2, 0) is 4.79 Å². The van der Waals surface area contributed by atoms with Gasteiger partial charge in [0.1, 0.15) is 0 Å². The van der Waals surface area contributed by atoms with E-state index in [0.29, 0.717) is 12.2 Å². The maximum Gasteiger partial charge on any atom is 0.305 e. The van der Waals surface area contributed by atoms with Gasteiger partial charge in [-0.15, -0.1) is 0 Å². The van der Waals surface area contributed by atoms with E-state index < -0.39 is 17.6 Å². The summed E-state index contributed by atoms with van der Waals surface area (Å²) in [5, 5.41) is 8.97. The van der Waals surface area contributed by atoms with Gasteiger partial charge in [0.2, 0.25) is 0 Å². The molecule has 2 aromatic rings. The number of nitrogens with zero attached hydrogens (tertiary/aromatic N) is 1. The quantitative estimate of drug-likeness (QED) is 0.891. The molecule has 0 bridgehead atoms. The molecule has 1 aliphatic heterocycles. The van der Waals surface area contributed by atoms with Crippen LogP contribution < -0.4 is 9.64 Å². The number of anilines is 1. The molecular weight excluding hydrogens is 316 g/mol.